The van der Waals surface area contributed by atoms with Crippen LogP contribution in [0.25, 0.3) is 0 Å². The first-order chi connectivity index (χ1) is 8.01. The largest absolute Gasteiger partial charge is 0.492 e. The van der Waals surface area contributed by atoms with Crippen LogP contribution >= 0.6 is 0 Å². The fourth-order valence-corrected chi connectivity index (χ4v) is 1.44. The van der Waals surface area contributed by atoms with Crippen LogP contribution in [0, 0.1) is 11.3 Å². The standard InChI is InChI=1S/C12H11F2NO2/c1-3-17-11-5-9(7(2)16)10(12(13)14)4-8(11)6-15/h4-5,12H,3H2,1-2H3. The van der Waals surface area contributed by atoms with Crippen LogP contribution in [-0.4, -0.2) is 12.4 Å². The SMILES string of the molecule is CCOc1cc(C(C)=O)c(C(F)F)cc1C#N. The molecule has 17 heavy (non-hydrogen) atoms. The van der Waals surface area contributed by atoms with Gasteiger partial charge in [-0.15, -0.1) is 0 Å². The number of ketones is 1. The second-order valence-electron chi connectivity index (χ2n) is 3.34. The average molecular weight is 239 g/mol. The summed E-state index contributed by atoms with van der Waals surface area (Å²) in [5, 5.41) is 8.82. The van der Waals surface area contributed by atoms with Crippen LogP contribution in [0.3, 0.4) is 0 Å². The zero-order valence-corrected chi connectivity index (χ0v) is 9.46. The first kappa shape index (κ1) is 13.1. The third kappa shape index (κ3) is 2.78. The van der Waals surface area contributed by atoms with E-state index >= 15 is 0 Å². The molecule has 0 saturated carbocycles. The van der Waals surface area contributed by atoms with E-state index in [-0.39, 0.29) is 16.9 Å². The van der Waals surface area contributed by atoms with Gasteiger partial charge in [-0.05, 0) is 26.0 Å². The molecule has 1 rings (SSSR count). The van der Waals surface area contributed by atoms with E-state index in [2.05, 4.69) is 0 Å². The molecule has 0 unspecified atom stereocenters. The highest BCUT2D eigenvalue weighted by Crippen LogP contribution is 2.30. The van der Waals surface area contributed by atoms with Crippen molar-refractivity contribution >= 4 is 5.78 Å². The van der Waals surface area contributed by atoms with Crippen molar-refractivity contribution in [2.75, 3.05) is 6.61 Å². The molecule has 0 aliphatic carbocycles. The molecule has 0 N–H and O–H groups in total. The first-order valence-corrected chi connectivity index (χ1v) is 5.01. The molecule has 90 valence electrons. The number of hydrogen-bond acceptors (Lipinski definition) is 3. The first-order valence-electron chi connectivity index (χ1n) is 5.01. The Labute approximate surface area is 97.6 Å². The van der Waals surface area contributed by atoms with Gasteiger partial charge in [0.25, 0.3) is 6.43 Å². The number of carbonyl (C=O) groups excluding carboxylic acids is 1. The summed E-state index contributed by atoms with van der Waals surface area (Å²) < 4.78 is 30.6. The van der Waals surface area contributed by atoms with Crippen molar-refractivity contribution in [3.63, 3.8) is 0 Å². The lowest BCUT2D eigenvalue weighted by Crippen LogP contribution is -2.04. The van der Waals surface area contributed by atoms with Gasteiger partial charge >= 0.3 is 0 Å². The number of alkyl halides is 2. The molecule has 0 aromatic heterocycles. The monoisotopic (exact) mass is 239 g/mol. The third-order valence-electron chi connectivity index (χ3n) is 2.19. The van der Waals surface area contributed by atoms with Crippen molar-refractivity contribution in [3.8, 4) is 11.8 Å². The van der Waals surface area contributed by atoms with Crippen molar-refractivity contribution in [3.05, 3.63) is 28.8 Å². The molecular formula is C12H11F2NO2. The van der Waals surface area contributed by atoms with Crippen molar-refractivity contribution in [2.45, 2.75) is 20.3 Å². The van der Waals surface area contributed by atoms with E-state index in [0.29, 0.717) is 6.61 Å². The van der Waals surface area contributed by atoms with E-state index in [1.165, 1.54) is 13.0 Å². The second-order valence-corrected chi connectivity index (χ2v) is 3.34. The van der Waals surface area contributed by atoms with Gasteiger partial charge in [0.2, 0.25) is 0 Å². The van der Waals surface area contributed by atoms with E-state index in [9.17, 15) is 13.6 Å². The molecule has 0 saturated heterocycles. The number of halogens is 2. The molecule has 0 aliphatic rings. The molecule has 0 fully saturated rings. The van der Waals surface area contributed by atoms with Crippen LogP contribution in [0.4, 0.5) is 8.78 Å². The lowest BCUT2D eigenvalue weighted by molar-refractivity contribution is 0.0998. The summed E-state index contributed by atoms with van der Waals surface area (Å²) in [7, 11) is 0. The lowest BCUT2D eigenvalue weighted by Gasteiger charge is -2.11. The van der Waals surface area contributed by atoms with Gasteiger partial charge in [-0.1, -0.05) is 0 Å². The van der Waals surface area contributed by atoms with E-state index in [4.69, 9.17) is 10.00 Å². The molecule has 0 heterocycles. The van der Waals surface area contributed by atoms with Gasteiger partial charge in [0, 0.05) is 11.1 Å². The molecule has 1 aromatic carbocycles. The van der Waals surface area contributed by atoms with Crippen molar-refractivity contribution in [2.24, 2.45) is 0 Å². The molecular weight excluding hydrogens is 228 g/mol. The molecule has 0 atom stereocenters. The predicted molar refractivity (Wildman–Crippen MR) is 57.3 cm³/mol. The molecule has 0 radical (unpaired) electrons. The van der Waals surface area contributed by atoms with Crippen molar-refractivity contribution in [1.82, 2.24) is 0 Å². The normalized spacial score (nSPS) is 10.1. The molecule has 0 bridgehead atoms. The molecule has 1 aromatic rings. The third-order valence-corrected chi connectivity index (χ3v) is 2.19. The number of ether oxygens (including phenoxy) is 1. The van der Waals surface area contributed by atoms with Crippen molar-refractivity contribution < 1.29 is 18.3 Å². The number of carbonyl (C=O) groups is 1. The van der Waals surface area contributed by atoms with Gasteiger partial charge in [-0.2, -0.15) is 5.26 Å². The Morgan fingerprint density at radius 2 is 2.18 bits per heavy atom. The topological polar surface area (TPSA) is 50.1 Å². The van der Waals surface area contributed by atoms with E-state index in [1.54, 1.807) is 13.0 Å². The van der Waals surface area contributed by atoms with E-state index in [1.807, 2.05) is 0 Å². The zero-order chi connectivity index (χ0) is 13.0. The Morgan fingerprint density at radius 1 is 1.53 bits per heavy atom. The Hall–Kier alpha value is -1.96. The van der Waals surface area contributed by atoms with Crippen LogP contribution in [0.15, 0.2) is 12.1 Å². The Morgan fingerprint density at radius 3 is 2.59 bits per heavy atom. The van der Waals surface area contributed by atoms with Crippen LogP contribution in [-0.2, 0) is 0 Å². The molecule has 3 nitrogen and oxygen atoms in total. The summed E-state index contributed by atoms with van der Waals surface area (Å²) in [5.41, 5.74) is -0.535. The summed E-state index contributed by atoms with van der Waals surface area (Å²) in [4.78, 5) is 11.3. The van der Waals surface area contributed by atoms with Gasteiger partial charge in [0.1, 0.15) is 11.8 Å². The summed E-state index contributed by atoms with van der Waals surface area (Å²) in [6.07, 6.45) is -2.79. The average Bonchev–Trinajstić information content (AvgIpc) is 2.28. The maximum absolute atomic E-state index is 12.7. The maximum atomic E-state index is 12.7. The minimum absolute atomic E-state index is 0.00662. The van der Waals surface area contributed by atoms with E-state index in [0.717, 1.165) is 6.07 Å². The summed E-state index contributed by atoms with van der Waals surface area (Å²) in [6.45, 7) is 3.19. The smallest absolute Gasteiger partial charge is 0.264 e. The van der Waals surface area contributed by atoms with Crippen LogP contribution in [0.2, 0.25) is 0 Å². The van der Waals surface area contributed by atoms with Crippen LogP contribution in [0.1, 0.15) is 41.8 Å². The lowest BCUT2D eigenvalue weighted by atomic mass is 10.0. The molecule has 0 aliphatic heterocycles. The highest BCUT2D eigenvalue weighted by molar-refractivity contribution is 5.96. The van der Waals surface area contributed by atoms with Gasteiger partial charge in [-0.3, -0.25) is 4.79 Å². The number of Topliss-reactive ketones (excluding diaryl/α,β-unsaturated/α-hetero) is 1. The molecule has 0 amide bonds. The number of rotatable bonds is 4. The van der Waals surface area contributed by atoms with Gasteiger partial charge in [-0.25, -0.2) is 8.78 Å². The Kier molecular flexibility index (Phi) is 4.16. The van der Waals surface area contributed by atoms with Crippen molar-refractivity contribution in [1.29, 1.82) is 5.26 Å². The molecule has 0 spiro atoms. The zero-order valence-electron chi connectivity index (χ0n) is 9.46. The quantitative estimate of drug-likeness (QED) is 0.758. The highest BCUT2D eigenvalue weighted by atomic mass is 19.3. The second kappa shape index (κ2) is 5.39. The van der Waals surface area contributed by atoms with E-state index < -0.39 is 17.8 Å². The van der Waals surface area contributed by atoms with Gasteiger partial charge < -0.3 is 4.74 Å². The molecule has 5 heteroatoms. The number of nitriles is 1. The van der Waals surface area contributed by atoms with Crippen LogP contribution in [0.5, 0.6) is 5.75 Å². The Balaban J connectivity index is 3.43. The van der Waals surface area contributed by atoms with Gasteiger partial charge in [0.15, 0.2) is 5.78 Å². The van der Waals surface area contributed by atoms with Gasteiger partial charge in [0.05, 0.1) is 12.2 Å². The van der Waals surface area contributed by atoms with Crippen LogP contribution < -0.4 is 4.74 Å². The Bertz CT molecular complexity index is 478. The number of nitrogens with zero attached hydrogens (tertiary/aromatic N) is 1. The predicted octanol–water partition coefficient (Wildman–Crippen LogP) is 3.10. The maximum Gasteiger partial charge on any atom is 0.264 e. The fraction of sp³-hybridized carbons (Fsp3) is 0.333. The number of benzene rings is 1. The summed E-state index contributed by atoms with van der Waals surface area (Å²) in [6, 6.07) is 3.98. The summed E-state index contributed by atoms with van der Waals surface area (Å²) >= 11 is 0. The summed E-state index contributed by atoms with van der Waals surface area (Å²) in [5.74, 6) is -0.324. The highest BCUT2D eigenvalue weighted by Gasteiger charge is 2.19. The fourth-order valence-electron chi connectivity index (χ4n) is 1.44. The minimum atomic E-state index is -2.79. The minimum Gasteiger partial charge on any atom is -0.492 e. The number of hydrogen-bond donors (Lipinski definition) is 0.